The van der Waals surface area contributed by atoms with E-state index >= 15 is 0 Å². The van der Waals surface area contributed by atoms with Crippen LogP contribution >= 0.6 is 11.8 Å². The van der Waals surface area contributed by atoms with Crippen LogP contribution in [-0.4, -0.2) is 22.1 Å². The first-order valence-corrected chi connectivity index (χ1v) is 9.75. The summed E-state index contributed by atoms with van der Waals surface area (Å²) >= 11 is 0.253. The summed E-state index contributed by atoms with van der Waals surface area (Å²) in [6.45, 7) is 3.52. The summed E-state index contributed by atoms with van der Waals surface area (Å²) in [4.78, 5) is 25.1. The number of hydrogen-bond donors (Lipinski definition) is 2. The van der Waals surface area contributed by atoms with E-state index in [4.69, 9.17) is 0 Å². The molecule has 0 radical (unpaired) electrons. The van der Waals surface area contributed by atoms with Crippen LogP contribution in [0, 0.1) is 19.7 Å². The monoisotopic (exact) mass is 433 g/mol. The molecule has 30 heavy (non-hydrogen) atoms. The summed E-state index contributed by atoms with van der Waals surface area (Å²) in [5.74, 6) is -4.32. The molecule has 0 saturated carbocycles. The summed E-state index contributed by atoms with van der Waals surface area (Å²) in [7, 11) is 0. The molecule has 156 valence electrons. The number of aromatic nitrogens is 1. The number of nitrogens with zero attached hydrogens (tertiary/aromatic N) is 1. The molecule has 0 aliphatic carbocycles. The van der Waals surface area contributed by atoms with Crippen LogP contribution in [-0.2, 0) is 0 Å². The number of nitrogens with one attached hydrogen (secondary N) is 2. The number of carbonyl (C=O) groups excluding carboxylic acids is 2. The van der Waals surface area contributed by atoms with Crippen molar-refractivity contribution in [1.82, 2.24) is 15.4 Å². The van der Waals surface area contributed by atoms with Crippen molar-refractivity contribution in [2.45, 2.75) is 24.5 Å². The highest BCUT2D eigenvalue weighted by Crippen LogP contribution is 2.28. The number of carbonyl (C=O) groups is 2. The largest absolute Gasteiger partial charge is 0.318 e. The summed E-state index contributed by atoms with van der Waals surface area (Å²) in [5.41, 5.74) is 6.94. The number of rotatable bonds is 5. The van der Waals surface area contributed by atoms with Crippen molar-refractivity contribution >= 4 is 23.6 Å². The number of amides is 2. The normalized spacial score (nSPS) is 10.9. The zero-order valence-electron chi connectivity index (χ0n) is 16.1. The van der Waals surface area contributed by atoms with Crippen LogP contribution in [0.25, 0.3) is 5.69 Å². The molecule has 2 N–H and O–H groups in total. The van der Waals surface area contributed by atoms with E-state index in [-0.39, 0.29) is 28.0 Å². The lowest BCUT2D eigenvalue weighted by Crippen LogP contribution is -2.42. The van der Waals surface area contributed by atoms with Crippen molar-refractivity contribution < 1.29 is 22.8 Å². The van der Waals surface area contributed by atoms with Gasteiger partial charge in [0, 0.05) is 22.0 Å². The van der Waals surface area contributed by atoms with E-state index in [1.165, 1.54) is 24.3 Å². The first-order valence-electron chi connectivity index (χ1n) is 8.87. The minimum absolute atomic E-state index is 0.0277. The topological polar surface area (TPSA) is 63.1 Å². The van der Waals surface area contributed by atoms with Gasteiger partial charge in [-0.1, -0.05) is 23.9 Å². The van der Waals surface area contributed by atoms with Crippen molar-refractivity contribution in [3.8, 4) is 5.69 Å². The maximum Gasteiger partial charge on any atom is 0.288 e. The highest BCUT2D eigenvalue weighted by Gasteiger charge is 2.19. The second-order valence-corrected chi connectivity index (χ2v) is 7.41. The van der Waals surface area contributed by atoms with Crippen molar-refractivity contribution in [2.24, 2.45) is 0 Å². The van der Waals surface area contributed by atoms with Crippen LogP contribution in [0.2, 0.25) is 0 Å². The van der Waals surface area contributed by atoms with Gasteiger partial charge in [-0.3, -0.25) is 20.4 Å². The molecule has 2 aromatic carbocycles. The zero-order chi connectivity index (χ0) is 21.8. The molecule has 0 spiro atoms. The zero-order valence-corrected chi connectivity index (χ0v) is 16.9. The van der Waals surface area contributed by atoms with E-state index in [2.05, 4.69) is 10.9 Å². The van der Waals surface area contributed by atoms with Crippen LogP contribution in [0.3, 0.4) is 0 Å². The number of benzene rings is 2. The highest BCUT2D eigenvalue weighted by molar-refractivity contribution is 7.99. The quantitative estimate of drug-likeness (QED) is 0.456. The molecule has 0 unspecified atom stereocenters. The van der Waals surface area contributed by atoms with Crippen LogP contribution in [0.15, 0.2) is 59.5 Å². The van der Waals surface area contributed by atoms with Gasteiger partial charge in [0.05, 0.1) is 11.1 Å². The van der Waals surface area contributed by atoms with Gasteiger partial charge in [-0.25, -0.2) is 4.39 Å². The fourth-order valence-electron chi connectivity index (χ4n) is 3.08. The minimum atomic E-state index is -2.68. The van der Waals surface area contributed by atoms with Gasteiger partial charge in [0.25, 0.3) is 17.6 Å². The lowest BCUT2D eigenvalue weighted by atomic mass is 10.2. The summed E-state index contributed by atoms with van der Waals surface area (Å²) < 4.78 is 40.3. The summed E-state index contributed by atoms with van der Waals surface area (Å²) in [5, 5.41) is 0. The van der Waals surface area contributed by atoms with Crippen LogP contribution in [0.4, 0.5) is 13.2 Å². The predicted octanol–water partition coefficient (Wildman–Crippen LogP) is 4.62. The Balaban J connectivity index is 1.75. The maximum atomic E-state index is 13.2. The Kier molecular flexibility index (Phi) is 6.51. The molecule has 0 aliphatic heterocycles. The van der Waals surface area contributed by atoms with Gasteiger partial charge < -0.3 is 4.57 Å². The smallest absolute Gasteiger partial charge is 0.288 e. The van der Waals surface area contributed by atoms with E-state index in [0.29, 0.717) is 16.9 Å². The second-order valence-electron chi connectivity index (χ2n) is 6.38. The van der Waals surface area contributed by atoms with E-state index in [9.17, 15) is 22.8 Å². The van der Waals surface area contributed by atoms with Gasteiger partial charge in [-0.2, -0.15) is 8.78 Å². The molecule has 3 rings (SSSR count). The average molecular weight is 433 g/mol. The molecular weight excluding hydrogens is 415 g/mol. The Morgan fingerprint density at radius 2 is 1.53 bits per heavy atom. The van der Waals surface area contributed by atoms with E-state index < -0.39 is 17.6 Å². The summed E-state index contributed by atoms with van der Waals surface area (Å²) in [6, 6.07) is 13.4. The third-order valence-corrected chi connectivity index (χ3v) is 5.19. The molecule has 0 fully saturated rings. The third kappa shape index (κ3) is 4.68. The average Bonchev–Trinajstić information content (AvgIpc) is 3.01. The third-order valence-electron chi connectivity index (χ3n) is 4.40. The van der Waals surface area contributed by atoms with Crippen molar-refractivity contribution in [1.29, 1.82) is 0 Å². The van der Waals surface area contributed by atoms with Crippen LogP contribution in [0.5, 0.6) is 0 Å². The number of hydrazine groups is 1. The fourth-order valence-corrected chi connectivity index (χ4v) is 3.72. The highest BCUT2D eigenvalue weighted by atomic mass is 32.2. The minimum Gasteiger partial charge on any atom is -0.318 e. The molecule has 0 atom stereocenters. The first-order chi connectivity index (χ1) is 14.3. The molecule has 0 aliphatic rings. The van der Waals surface area contributed by atoms with Gasteiger partial charge in [-0.15, -0.1) is 0 Å². The predicted molar refractivity (Wildman–Crippen MR) is 108 cm³/mol. The molecule has 0 bridgehead atoms. The summed E-state index contributed by atoms with van der Waals surface area (Å²) in [6.07, 6.45) is 0. The van der Waals surface area contributed by atoms with Crippen molar-refractivity contribution in [3.05, 3.63) is 82.9 Å². The first kappa shape index (κ1) is 21.5. The van der Waals surface area contributed by atoms with E-state index in [0.717, 1.165) is 5.69 Å². The SMILES string of the molecule is Cc1cc(C(=O)NNC(=O)c2ccccc2SC(F)F)c(C)n1-c1ccc(F)cc1. The van der Waals surface area contributed by atoms with E-state index in [1.54, 1.807) is 48.7 Å². The molecule has 1 heterocycles. The number of aryl methyl sites for hydroxylation is 1. The van der Waals surface area contributed by atoms with Gasteiger partial charge >= 0.3 is 0 Å². The van der Waals surface area contributed by atoms with Crippen molar-refractivity contribution in [3.63, 3.8) is 0 Å². The molecule has 1 aromatic heterocycles. The fraction of sp³-hybridized carbons (Fsp3) is 0.143. The standard InChI is InChI=1S/C21H18F3N3O2S/c1-12-11-17(13(2)27(12)15-9-7-14(22)8-10-15)20(29)26-25-19(28)16-5-3-4-6-18(16)30-21(23)24/h3-11,21H,1-2H3,(H,25,28)(H,26,29). The van der Waals surface area contributed by atoms with Crippen LogP contribution in [0.1, 0.15) is 32.1 Å². The van der Waals surface area contributed by atoms with Gasteiger partial charge in [0.15, 0.2) is 0 Å². The van der Waals surface area contributed by atoms with Gasteiger partial charge in [0.2, 0.25) is 0 Å². The molecule has 9 heteroatoms. The number of alkyl halides is 2. The Bertz CT molecular complexity index is 1080. The molecule has 3 aromatic rings. The Morgan fingerprint density at radius 1 is 0.933 bits per heavy atom. The molecule has 0 saturated heterocycles. The number of thioether (sulfide) groups is 1. The van der Waals surface area contributed by atoms with Gasteiger partial charge in [0.1, 0.15) is 5.82 Å². The molecular formula is C21H18F3N3O2S. The van der Waals surface area contributed by atoms with Crippen LogP contribution < -0.4 is 10.9 Å². The number of hydrogen-bond acceptors (Lipinski definition) is 3. The second kappa shape index (κ2) is 9.08. The van der Waals surface area contributed by atoms with Gasteiger partial charge in [-0.05, 0) is 56.3 Å². The Labute approximate surface area is 175 Å². The van der Waals surface area contributed by atoms with Crippen molar-refractivity contribution in [2.75, 3.05) is 0 Å². The molecule has 5 nitrogen and oxygen atoms in total. The maximum absolute atomic E-state index is 13.2. The Morgan fingerprint density at radius 3 is 2.17 bits per heavy atom. The lowest BCUT2D eigenvalue weighted by Gasteiger charge is -2.11. The molecule has 2 amide bonds. The lowest BCUT2D eigenvalue weighted by molar-refractivity contribution is 0.0844. The van der Waals surface area contributed by atoms with E-state index in [1.807, 2.05) is 0 Å². The Hall–Kier alpha value is -3.20. The number of halogens is 3.